The zero-order chi connectivity index (χ0) is 21.0. The highest BCUT2D eigenvalue weighted by Gasteiger charge is 2.62. The molecule has 3 unspecified atom stereocenters. The Hall–Kier alpha value is -1.14. The fourth-order valence-corrected chi connectivity index (χ4v) is 4.89. The Balaban J connectivity index is 1.71. The first-order chi connectivity index (χ1) is 13.0. The average molecular weight is 399 g/mol. The number of rotatable bonds is 11. The van der Waals surface area contributed by atoms with Crippen LogP contribution in [0.25, 0.3) is 0 Å². The molecule has 2 saturated carbocycles. The van der Waals surface area contributed by atoms with Crippen LogP contribution in [0, 0.1) is 16.7 Å². The zero-order valence-electron chi connectivity index (χ0n) is 18.7. The summed E-state index contributed by atoms with van der Waals surface area (Å²) in [5.41, 5.74) is 0.322. The third-order valence-corrected chi connectivity index (χ3v) is 7.37. The van der Waals surface area contributed by atoms with Gasteiger partial charge in [-0.25, -0.2) is 4.79 Å². The number of carbonyl (C=O) groups excluding carboxylic acids is 2. The van der Waals surface area contributed by atoms with E-state index in [1.807, 2.05) is 21.0 Å². The van der Waals surface area contributed by atoms with Gasteiger partial charge >= 0.3 is 11.9 Å². The van der Waals surface area contributed by atoms with Crippen LogP contribution in [-0.2, 0) is 23.8 Å². The standard InChI is InChI=1S/C22H40NO5/c1-7-26-13-8-14-27-20(25)16-23(5,6)12-10-19(24)28-18-15-17-9-11-22(18,4)21(17,2)3/h17-18H,7-16H2,1-6H3/q+1. The molecule has 0 aliphatic heterocycles. The molecule has 2 fully saturated rings. The molecule has 0 radical (unpaired) electrons. The number of carbonyl (C=O) groups is 2. The van der Waals surface area contributed by atoms with Crippen LogP contribution in [0.4, 0.5) is 0 Å². The second kappa shape index (κ2) is 9.12. The van der Waals surface area contributed by atoms with Crippen LogP contribution in [0.2, 0.25) is 0 Å². The summed E-state index contributed by atoms with van der Waals surface area (Å²) in [6.07, 6.45) is 4.42. The summed E-state index contributed by atoms with van der Waals surface area (Å²) < 4.78 is 16.8. The number of nitrogens with zero attached hydrogens (tertiary/aromatic N) is 1. The molecule has 162 valence electrons. The Morgan fingerprint density at radius 2 is 1.82 bits per heavy atom. The maximum absolute atomic E-state index is 12.5. The first-order valence-corrected chi connectivity index (χ1v) is 10.8. The van der Waals surface area contributed by atoms with Gasteiger partial charge in [0.15, 0.2) is 6.54 Å². The molecule has 2 bridgehead atoms. The van der Waals surface area contributed by atoms with E-state index in [1.54, 1.807) is 0 Å². The van der Waals surface area contributed by atoms with Crippen LogP contribution in [0.1, 0.15) is 59.8 Å². The van der Waals surface area contributed by atoms with Crippen molar-refractivity contribution in [2.45, 2.75) is 65.9 Å². The van der Waals surface area contributed by atoms with Gasteiger partial charge in [0.05, 0.1) is 33.7 Å². The molecule has 0 saturated heterocycles. The fourth-order valence-electron chi connectivity index (χ4n) is 4.89. The van der Waals surface area contributed by atoms with E-state index >= 15 is 0 Å². The van der Waals surface area contributed by atoms with Gasteiger partial charge in [-0.15, -0.1) is 0 Å². The minimum atomic E-state index is -0.239. The summed E-state index contributed by atoms with van der Waals surface area (Å²) in [5, 5.41) is 0. The van der Waals surface area contributed by atoms with Crippen LogP contribution < -0.4 is 0 Å². The van der Waals surface area contributed by atoms with Crippen LogP contribution in [0.15, 0.2) is 0 Å². The summed E-state index contributed by atoms with van der Waals surface area (Å²) in [7, 11) is 3.88. The quantitative estimate of drug-likeness (QED) is 0.304. The van der Waals surface area contributed by atoms with Crippen molar-refractivity contribution in [3.63, 3.8) is 0 Å². The fraction of sp³-hybridized carbons (Fsp3) is 0.909. The molecular weight excluding hydrogens is 358 g/mol. The Kier molecular flexibility index (Phi) is 7.54. The van der Waals surface area contributed by atoms with E-state index in [0.717, 1.165) is 12.8 Å². The van der Waals surface area contributed by atoms with Gasteiger partial charge in [0.1, 0.15) is 6.10 Å². The third-order valence-electron chi connectivity index (χ3n) is 7.37. The van der Waals surface area contributed by atoms with Gasteiger partial charge < -0.3 is 18.7 Å². The molecule has 0 aromatic carbocycles. The van der Waals surface area contributed by atoms with Crippen molar-refractivity contribution in [1.29, 1.82) is 0 Å². The maximum atomic E-state index is 12.5. The normalized spacial score (nSPS) is 28.4. The number of hydrogen-bond donors (Lipinski definition) is 0. The molecule has 3 atom stereocenters. The summed E-state index contributed by atoms with van der Waals surface area (Å²) in [5.74, 6) is 0.267. The Labute approximate surface area is 170 Å². The highest BCUT2D eigenvalue weighted by Crippen LogP contribution is 2.66. The Bertz CT molecular complexity index is 559. The number of ether oxygens (including phenoxy) is 3. The van der Waals surface area contributed by atoms with Gasteiger partial charge in [0, 0.05) is 25.0 Å². The molecule has 0 heterocycles. The summed E-state index contributed by atoms with van der Waals surface area (Å²) in [6.45, 7) is 11.3. The van der Waals surface area contributed by atoms with Crippen molar-refractivity contribution in [3.05, 3.63) is 0 Å². The molecule has 0 N–H and O–H groups in total. The second-order valence-corrected chi connectivity index (χ2v) is 9.93. The molecule has 0 aromatic heterocycles. The zero-order valence-corrected chi connectivity index (χ0v) is 18.7. The van der Waals surface area contributed by atoms with Crippen molar-refractivity contribution >= 4 is 11.9 Å². The van der Waals surface area contributed by atoms with E-state index in [2.05, 4.69) is 20.8 Å². The second-order valence-electron chi connectivity index (χ2n) is 9.93. The summed E-state index contributed by atoms with van der Waals surface area (Å²) >= 11 is 0. The minimum Gasteiger partial charge on any atom is -0.462 e. The molecule has 0 spiro atoms. The first-order valence-electron chi connectivity index (χ1n) is 10.8. The largest absolute Gasteiger partial charge is 0.462 e. The summed E-state index contributed by atoms with van der Waals surface area (Å²) in [4.78, 5) is 24.5. The van der Waals surface area contributed by atoms with E-state index in [1.165, 1.54) is 6.42 Å². The van der Waals surface area contributed by atoms with Gasteiger partial charge in [-0.05, 0) is 37.5 Å². The van der Waals surface area contributed by atoms with Crippen LogP contribution in [0.5, 0.6) is 0 Å². The average Bonchev–Trinajstić information content (AvgIpc) is 2.93. The van der Waals surface area contributed by atoms with Gasteiger partial charge in [-0.2, -0.15) is 0 Å². The van der Waals surface area contributed by atoms with Crippen molar-refractivity contribution in [1.82, 2.24) is 0 Å². The molecule has 0 aromatic rings. The predicted molar refractivity (Wildman–Crippen MR) is 108 cm³/mol. The lowest BCUT2D eigenvalue weighted by Crippen LogP contribution is -2.46. The molecule has 2 rings (SSSR count). The maximum Gasteiger partial charge on any atom is 0.361 e. The molecule has 0 amide bonds. The van der Waals surface area contributed by atoms with Crippen LogP contribution >= 0.6 is 0 Å². The number of fused-ring (bicyclic) bond motifs is 2. The topological polar surface area (TPSA) is 61.8 Å². The smallest absolute Gasteiger partial charge is 0.361 e. The lowest BCUT2D eigenvalue weighted by Gasteiger charge is -2.38. The highest BCUT2D eigenvalue weighted by molar-refractivity contribution is 5.71. The highest BCUT2D eigenvalue weighted by atomic mass is 16.5. The molecule has 2 aliphatic rings. The van der Waals surface area contributed by atoms with Crippen molar-refractivity contribution in [2.24, 2.45) is 16.7 Å². The van der Waals surface area contributed by atoms with Crippen LogP contribution in [0.3, 0.4) is 0 Å². The Morgan fingerprint density at radius 3 is 2.39 bits per heavy atom. The van der Waals surface area contributed by atoms with Gasteiger partial charge in [-0.3, -0.25) is 4.79 Å². The predicted octanol–water partition coefficient (Wildman–Crippen LogP) is 3.18. The number of quaternary nitrogens is 1. The lowest BCUT2D eigenvalue weighted by molar-refractivity contribution is -0.882. The number of hydrogen-bond acceptors (Lipinski definition) is 5. The van der Waals surface area contributed by atoms with Crippen molar-refractivity contribution < 1.29 is 28.3 Å². The lowest BCUT2D eigenvalue weighted by atomic mass is 9.70. The molecule has 6 heteroatoms. The van der Waals surface area contributed by atoms with Crippen LogP contribution in [-0.4, -0.2) is 69.5 Å². The third kappa shape index (κ3) is 5.26. The minimum absolute atomic E-state index is 0.0275. The number of likely N-dealkylation sites (N-methyl/N-ethyl adjacent to an activating group) is 1. The van der Waals surface area contributed by atoms with Crippen molar-refractivity contribution in [2.75, 3.05) is 47.0 Å². The molecule has 2 aliphatic carbocycles. The van der Waals surface area contributed by atoms with Gasteiger partial charge in [0.2, 0.25) is 0 Å². The SMILES string of the molecule is CCOCCCOC(=O)C[N+](C)(C)CCC(=O)OC1CC2CCC1(C)C2(C)C. The number of esters is 2. The molecular formula is C22H40NO5+. The van der Waals surface area contributed by atoms with E-state index in [0.29, 0.717) is 49.6 Å². The monoisotopic (exact) mass is 398 g/mol. The molecule has 28 heavy (non-hydrogen) atoms. The van der Waals surface area contributed by atoms with E-state index < -0.39 is 0 Å². The van der Waals surface area contributed by atoms with E-state index in [4.69, 9.17) is 14.2 Å². The Morgan fingerprint density at radius 1 is 1.11 bits per heavy atom. The van der Waals surface area contributed by atoms with Crippen molar-refractivity contribution in [3.8, 4) is 0 Å². The van der Waals surface area contributed by atoms with Gasteiger partial charge in [0.25, 0.3) is 0 Å². The first kappa shape index (κ1) is 23.1. The van der Waals surface area contributed by atoms with E-state index in [-0.39, 0.29) is 35.4 Å². The molecule has 6 nitrogen and oxygen atoms in total. The van der Waals surface area contributed by atoms with Gasteiger partial charge in [-0.1, -0.05) is 20.8 Å². The summed E-state index contributed by atoms with van der Waals surface area (Å²) in [6, 6.07) is 0. The van der Waals surface area contributed by atoms with E-state index in [9.17, 15) is 9.59 Å².